The fourth-order valence-corrected chi connectivity index (χ4v) is 9.28. The van der Waals surface area contributed by atoms with Crippen LogP contribution in [0, 0.1) is 20.8 Å². The third kappa shape index (κ3) is 4.34. The molecule has 0 heterocycles. The maximum atomic E-state index is 7.26. The van der Waals surface area contributed by atoms with Gasteiger partial charge in [-0.05, 0) is 0 Å². The molecule has 176 valence electrons. The van der Waals surface area contributed by atoms with E-state index in [0.29, 0.717) is 5.75 Å². The molecule has 0 aliphatic heterocycles. The summed E-state index contributed by atoms with van der Waals surface area (Å²) in [6.45, 7) is 10.3. The second-order valence-corrected chi connectivity index (χ2v) is 12.2. The Kier molecular flexibility index (Phi) is 6.79. The molecule has 0 saturated carbocycles. The summed E-state index contributed by atoms with van der Waals surface area (Å²) in [7, 11) is -4.29. The van der Waals surface area contributed by atoms with E-state index in [4.69, 9.17) is 13.6 Å². The molecule has 0 aliphatic carbocycles. The molecular weight excluding hydrogens is 439 g/mol. The van der Waals surface area contributed by atoms with Crippen molar-refractivity contribution in [2.45, 2.75) is 40.7 Å². The van der Waals surface area contributed by atoms with Crippen LogP contribution in [0.15, 0.2) is 103 Å². The first kappa shape index (κ1) is 24.0. The van der Waals surface area contributed by atoms with Crippen molar-refractivity contribution in [3.8, 4) is 11.5 Å². The van der Waals surface area contributed by atoms with Crippen molar-refractivity contribution in [3.63, 3.8) is 0 Å². The fourth-order valence-electron chi connectivity index (χ4n) is 4.39. The predicted molar refractivity (Wildman–Crippen MR) is 144 cm³/mol. The van der Waals surface area contributed by atoms with Gasteiger partial charge in [0.15, 0.2) is 0 Å². The minimum atomic E-state index is -4.29. The minimum absolute atomic E-state index is 0.176. The van der Waals surface area contributed by atoms with Crippen molar-refractivity contribution in [2.75, 3.05) is 0 Å². The molecule has 34 heavy (non-hydrogen) atoms. The molecule has 4 heteroatoms. The van der Waals surface area contributed by atoms with Gasteiger partial charge >= 0.3 is 204 Å². The van der Waals surface area contributed by atoms with Crippen LogP contribution in [-0.2, 0) is 4.52 Å². The van der Waals surface area contributed by atoms with E-state index in [-0.39, 0.29) is 6.10 Å². The second-order valence-electron chi connectivity index (χ2n) is 8.87. The zero-order chi connectivity index (χ0) is 24.2. The van der Waals surface area contributed by atoms with Gasteiger partial charge in [0.05, 0.1) is 0 Å². The van der Waals surface area contributed by atoms with Gasteiger partial charge in [-0.25, -0.2) is 0 Å². The molecule has 0 N–H and O–H groups in total. The molecule has 0 spiro atoms. The number of para-hydroxylation sites is 2. The first-order chi connectivity index (χ1) is 16.3. The molecule has 0 radical (unpaired) electrons. The van der Waals surface area contributed by atoms with E-state index in [1.165, 1.54) is 0 Å². The van der Waals surface area contributed by atoms with Gasteiger partial charge < -0.3 is 0 Å². The zero-order valence-corrected chi connectivity index (χ0v) is 21.5. The molecule has 0 amide bonds. The zero-order valence-electron chi connectivity index (χ0n) is 20.6. The summed E-state index contributed by atoms with van der Waals surface area (Å²) in [5.74, 6) is 1.43. The van der Waals surface area contributed by atoms with Crippen molar-refractivity contribution >= 4 is 17.9 Å². The quantitative estimate of drug-likeness (QED) is 0.249. The Bertz CT molecular complexity index is 1220. The van der Waals surface area contributed by atoms with E-state index in [0.717, 1.165) is 33.0 Å². The summed E-state index contributed by atoms with van der Waals surface area (Å²) in [5, 5.41) is 1.84. The number of benzene rings is 4. The standard InChI is InChI=1S/C30H33O3P/c1-23(2)31-34(29-21-13-10-16-25(29)4,30-22-14-11-17-26(30)5,32-27-18-7-6-8-19-27)33-28-20-12-9-15-24(28)3/h6-23H,1-5H3. The first-order valence-corrected chi connectivity index (χ1v) is 13.7. The molecule has 0 bridgehead atoms. The summed E-state index contributed by atoms with van der Waals surface area (Å²) in [6.07, 6.45) is -0.176. The van der Waals surface area contributed by atoms with Crippen LogP contribution < -0.4 is 19.7 Å². The van der Waals surface area contributed by atoms with Crippen LogP contribution in [0.2, 0.25) is 0 Å². The van der Waals surface area contributed by atoms with Gasteiger partial charge in [0.2, 0.25) is 0 Å². The summed E-state index contributed by atoms with van der Waals surface area (Å²) < 4.78 is 21.5. The van der Waals surface area contributed by atoms with Crippen LogP contribution in [0.25, 0.3) is 0 Å². The average Bonchev–Trinajstić information content (AvgIpc) is 2.81. The summed E-state index contributed by atoms with van der Waals surface area (Å²) >= 11 is 0. The molecule has 0 fully saturated rings. The molecule has 0 saturated heterocycles. The summed E-state index contributed by atoms with van der Waals surface area (Å²) in [5.41, 5.74) is 3.12. The van der Waals surface area contributed by atoms with Gasteiger partial charge in [-0.1, -0.05) is 0 Å². The first-order valence-electron chi connectivity index (χ1n) is 11.7. The number of hydrogen-bond donors (Lipinski definition) is 0. The molecule has 0 aliphatic rings. The van der Waals surface area contributed by atoms with Crippen LogP contribution in [0.4, 0.5) is 0 Å². The van der Waals surface area contributed by atoms with Crippen LogP contribution in [-0.4, -0.2) is 6.10 Å². The van der Waals surface area contributed by atoms with Crippen LogP contribution in [0.5, 0.6) is 11.5 Å². The Morgan fingerprint density at radius 3 is 1.50 bits per heavy atom. The Labute approximate surface area is 203 Å². The summed E-state index contributed by atoms with van der Waals surface area (Å²) in [6, 6.07) is 34.4. The molecule has 0 aromatic heterocycles. The third-order valence-electron chi connectivity index (χ3n) is 5.84. The van der Waals surface area contributed by atoms with Crippen molar-refractivity contribution in [1.82, 2.24) is 0 Å². The van der Waals surface area contributed by atoms with Gasteiger partial charge in [-0.15, -0.1) is 0 Å². The van der Waals surface area contributed by atoms with Crippen LogP contribution >= 0.6 is 7.28 Å². The van der Waals surface area contributed by atoms with Gasteiger partial charge in [-0.3, -0.25) is 0 Å². The van der Waals surface area contributed by atoms with Gasteiger partial charge in [0, 0.05) is 0 Å². The van der Waals surface area contributed by atoms with Crippen LogP contribution in [0.1, 0.15) is 30.5 Å². The van der Waals surface area contributed by atoms with Crippen molar-refractivity contribution in [1.29, 1.82) is 0 Å². The molecule has 4 rings (SSSR count). The molecular formula is C30H33O3P. The third-order valence-corrected chi connectivity index (χ3v) is 10.4. The van der Waals surface area contributed by atoms with Crippen molar-refractivity contribution in [2.24, 2.45) is 0 Å². The number of rotatable bonds is 8. The van der Waals surface area contributed by atoms with E-state index in [9.17, 15) is 0 Å². The van der Waals surface area contributed by atoms with Gasteiger partial charge in [0.25, 0.3) is 0 Å². The number of aryl methyl sites for hydroxylation is 3. The molecule has 4 aromatic carbocycles. The monoisotopic (exact) mass is 472 g/mol. The van der Waals surface area contributed by atoms with E-state index in [1.54, 1.807) is 0 Å². The average molecular weight is 473 g/mol. The molecule has 3 nitrogen and oxygen atoms in total. The summed E-state index contributed by atoms with van der Waals surface area (Å²) in [4.78, 5) is 0. The molecule has 4 aromatic rings. The van der Waals surface area contributed by atoms with E-state index in [2.05, 4.69) is 51.1 Å². The number of hydrogen-bond acceptors (Lipinski definition) is 3. The van der Waals surface area contributed by atoms with Gasteiger partial charge in [0.1, 0.15) is 0 Å². The van der Waals surface area contributed by atoms with E-state index in [1.807, 2.05) is 86.6 Å². The molecule has 0 unspecified atom stereocenters. The Morgan fingerprint density at radius 2 is 1.00 bits per heavy atom. The predicted octanol–water partition coefficient (Wildman–Crippen LogP) is 7.44. The van der Waals surface area contributed by atoms with Gasteiger partial charge in [-0.2, -0.15) is 0 Å². The van der Waals surface area contributed by atoms with E-state index >= 15 is 0 Å². The Hall–Kier alpha value is -3.13. The van der Waals surface area contributed by atoms with Crippen molar-refractivity contribution in [3.05, 3.63) is 120 Å². The van der Waals surface area contributed by atoms with E-state index < -0.39 is 7.28 Å². The Morgan fingerprint density at radius 1 is 0.529 bits per heavy atom. The second kappa shape index (κ2) is 9.62. The molecule has 0 atom stereocenters. The van der Waals surface area contributed by atoms with Crippen molar-refractivity contribution < 1.29 is 13.6 Å². The van der Waals surface area contributed by atoms with Crippen LogP contribution in [0.3, 0.4) is 0 Å². The topological polar surface area (TPSA) is 27.7 Å². The Balaban J connectivity index is 2.19. The fraction of sp³-hybridized carbons (Fsp3) is 0.200. The normalized spacial score (nSPS) is 12.7. The maximum absolute atomic E-state index is 7.26. The SMILES string of the molecule is Cc1ccccc1OP(Oc1ccccc1)(OC(C)C)(c1ccccc1C)c1ccccc1C.